The number of nitrogens with zero attached hydrogens (tertiary/aromatic N) is 2. The molecular formula is C16H23N3O3. The molecule has 1 N–H and O–H groups in total. The molecule has 0 aromatic heterocycles. The summed E-state index contributed by atoms with van der Waals surface area (Å²) >= 11 is 0. The molecule has 0 unspecified atom stereocenters. The number of amides is 1. The average Bonchev–Trinajstić information content (AvgIpc) is 2.68. The van der Waals surface area contributed by atoms with Crippen LogP contribution in [0.25, 0.3) is 0 Å². The zero-order valence-electron chi connectivity index (χ0n) is 13.0. The minimum Gasteiger partial charge on any atom is -0.385 e. The largest absolute Gasteiger partial charge is 0.385 e. The highest BCUT2D eigenvalue weighted by atomic mass is 16.6. The van der Waals surface area contributed by atoms with Crippen molar-refractivity contribution < 1.29 is 9.72 Å². The summed E-state index contributed by atoms with van der Waals surface area (Å²) in [7, 11) is 0. The Kier molecular flexibility index (Phi) is 5.75. The van der Waals surface area contributed by atoms with Crippen LogP contribution in [0.2, 0.25) is 0 Å². The van der Waals surface area contributed by atoms with Crippen molar-refractivity contribution in [1.29, 1.82) is 0 Å². The number of carbonyl (C=O) groups excluding carboxylic acids is 1. The van der Waals surface area contributed by atoms with Gasteiger partial charge in [-0.05, 0) is 38.3 Å². The number of nitro groups is 1. The van der Waals surface area contributed by atoms with E-state index in [0.717, 1.165) is 51.0 Å². The van der Waals surface area contributed by atoms with Crippen LogP contribution in [-0.4, -0.2) is 35.4 Å². The standard InChI is InChI=1S/C16H23N3O3/c1-13-12-14(7-8-15(13)19(21)22)17-9-5-11-18-10-4-2-3-6-16(18)20/h7-8,12,17H,2-6,9-11H2,1H3. The lowest BCUT2D eigenvalue weighted by molar-refractivity contribution is -0.385. The SMILES string of the molecule is Cc1cc(NCCCN2CCCCCC2=O)ccc1[N+](=O)[O-]. The summed E-state index contributed by atoms with van der Waals surface area (Å²) in [6.07, 6.45) is 4.80. The molecule has 1 aromatic rings. The molecule has 1 aromatic carbocycles. The summed E-state index contributed by atoms with van der Waals surface area (Å²) in [6.45, 7) is 4.13. The van der Waals surface area contributed by atoms with E-state index in [0.29, 0.717) is 12.0 Å². The van der Waals surface area contributed by atoms with Gasteiger partial charge < -0.3 is 10.2 Å². The van der Waals surface area contributed by atoms with Gasteiger partial charge in [0.1, 0.15) is 0 Å². The summed E-state index contributed by atoms with van der Waals surface area (Å²) in [6, 6.07) is 5.04. The number of nitro benzene ring substituents is 1. The number of hydrogen-bond acceptors (Lipinski definition) is 4. The van der Waals surface area contributed by atoms with Crippen LogP contribution < -0.4 is 5.32 Å². The number of carbonyl (C=O) groups is 1. The quantitative estimate of drug-likeness (QED) is 0.498. The van der Waals surface area contributed by atoms with Gasteiger partial charge in [0, 0.05) is 43.4 Å². The summed E-state index contributed by atoms with van der Waals surface area (Å²) in [5, 5.41) is 14.0. The lowest BCUT2D eigenvalue weighted by Crippen LogP contribution is -2.32. The van der Waals surface area contributed by atoms with Gasteiger partial charge in [-0.15, -0.1) is 0 Å². The number of nitrogens with one attached hydrogen (secondary N) is 1. The molecule has 1 aliphatic rings. The molecule has 1 amide bonds. The predicted octanol–water partition coefficient (Wildman–Crippen LogP) is 3.11. The first-order valence-corrected chi connectivity index (χ1v) is 7.84. The van der Waals surface area contributed by atoms with Gasteiger partial charge in [-0.25, -0.2) is 0 Å². The monoisotopic (exact) mass is 305 g/mol. The maximum Gasteiger partial charge on any atom is 0.272 e. The van der Waals surface area contributed by atoms with Crippen molar-refractivity contribution in [3.8, 4) is 0 Å². The Bertz CT molecular complexity index is 545. The maximum atomic E-state index is 11.9. The highest BCUT2D eigenvalue weighted by Crippen LogP contribution is 2.21. The van der Waals surface area contributed by atoms with Crippen LogP contribution in [0, 0.1) is 17.0 Å². The lowest BCUT2D eigenvalue weighted by atomic mass is 10.2. The molecule has 6 nitrogen and oxygen atoms in total. The second kappa shape index (κ2) is 7.77. The molecule has 22 heavy (non-hydrogen) atoms. The highest BCUT2D eigenvalue weighted by molar-refractivity contribution is 5.76. The fourth-order valence-electron chi connectivity index (χ4n) is 2.75. The molecule has 120 valence electrons. The van der Waals surface area contributed by atoms with Gasteiger partial charge in [0.05, 0.1) is 4.92 Å². The van der Waals surface area contributed by atoms with Crippen LogP contribution in [0.5, 0.6) is 0 Å². The number of aryl methyl sites for hydroxylation is 1. The van der Waals surface area contributed by atoms with Crippen molar-refractivity contribution in [2.45, 2.75) is 39.0 Å². The molecule has 1 saturated heterocycles. The van der Waals surface area contributed by atoms with Gasteiger partial charge in [-0.1, -0.05) is 6.42 Å². The van der Waals surface area contributed by atoms with E-state index in [1.54, 1.807) is 19.1 Å². The smallest absolute Gasteiger partial charge is 0.272 e. The first-order chi connectivity index (χ1) is 10.6. The van der Waals surface area contributed by atoms with Crippen molar-refractivity contribution >= 4 is 17.3 Å². The van der Waals surface area contributed by atoms with Gasteiger partial charge in [0.25, 0.3) is 5.69 Å². The van der Waals surface area contributed by atoms with Crippen molar-refractivity contribution in [3.05, 3.63) is 33.9 Å². The molecule has 2 rings (SSSR count). The van der Waals surface area contributed by atoms with Gasteiger partial charge >= 0.3 is 0 Å². The third-order valence-electron chi connectivity index (χ3n) is 4.00. The fourth-order valence-corrected chi connectivity index (χ4v) is 2.75. The second-order valence-corrected chi connectivity index (χ2v) is 5.73. The normalized spacial score (nSPS) is 15.5. The van der Waals surface area contributed by atoms with Gasteiger partial charge in [-0.3, -0.25) is 14.9 Å². The van der Waals surface area contributed by atoms with E-state index in [-0.39, 0.29) is 16.5 Å². The zero-order valence-corrected chi connectivity index (χ0v) is 13.0. The van der Waals surface area contributed by atoms with Gasteiger partial charge in [-0.2, -0.15) is 0 Å². The molecule has 0 aliphatic carbocycles. The van der Waals surface area contributed by atoms with E-state index in [1.807, 2.05) is 4.90 Å². The summed E-state index contributed by atoms with van der Waals surface area (Å²) < 4.78 is 0. The lowest BCUT2D eigenvalue weighted by Gasteiger charge is -2.20. The van der Waals surface area contributed by atoms with E-state index >= 15 is 0 Å². The Morgan fingerprint density at radius 2 is 2.14 bits per heavy atom. The van der Waals surface area contributed by atoms with Crippen LogP contribution in [0.1, 0.15) is 37.7 Å². The van der Waals surface area contributed by atoms with Crippen molar-refractivity contribution in [2.24, 2.45) is 0 Å². The van der Waals surface area contributed by atoms with Crippen molar-refractivity contribution in [1.82, 2.24) is 4.90 Å². The fraction of sp³-hybridized carbons (Fsp3) is 0.562. The molecule has 0 saturated carbocycles. The minimum absolute atomic E-state index is 0.140. The number of likely N-dealkylation sites (tertiary alicyclic amines) is 1. The summed E-state index contributed by atoms with van der Waals surface area (Å²) in [5.74, 6) is 0.267. The molecular weight excluding hydrogens is 282 g/mol. The Labute approximate surface area is 130 Å². The molecule has 1 aliphatic heterocycles. The molecule has 0 bridgehead atoms. The first kappa shape index (κ1) is 16.3. The number of rotatable bonds is 6. The molecule has 0 atom stereocenters. The zero-order chi connectivity index (χ0) is 15.9. The van der Waals surface area contributed by atoms with Crippen LogP contribution in [0.15, 0.2) is 18.2 Å². The number of benzene rings is 1. The topological polar surface area (TPSA) is 75.5 Å². The van der Waals surface area contributed by atoms with Gasteiger partial charge in [0.2, 0.25) is 5.91 Å². The number of hydrogen-bond donors (Lipinski definition) is 1. The molecule has 1 heterocycles. The summed E-state index contributed by atoms with van der Waals surface area (Å²) in [5.41, 5.74) is 1.67. The van der Waals surface area contributed by atoms with E-state index in [1.165, 1.54) is 6.07 Å². The van der Waals surface area contributed by atoms with Crippen LogP contribution in [0.4, 0.5) is 11.4 Å². The number of anilines is 1. The third kappa shape index (κ3) is 4.44. The Balaban J connectivity index is 1.77. The average molecular weight is 305 g/mol. The third-order valence-corrected chi connectivity index (χ3v) is 4.00. The minimum atomic E-state index is -0.371. The van der Waals surface area contributed by atoms with E-state index in [2.05, 4.69) is 5.32 Å². The van der Waals surface area contributed by atoms with Crippen LogP contribution in [-0.2, 0) is 4.79 Å². The van der Waals surface area contributed by atoms with Crippen molar-refractivity contribution in [3.63, 3.8) is 0 Å². The predicted molar refractivity (Wildman–Crippen MR) is 86.0 cm³/mol. The first-order valence-electron chi connectivity index (χ1n) is 7.84. The molecule has 0 spiro atoms. The van der Waals surface area contributed by atoms with Crippen molar-refractivity contribution in [2.75, 3.05) is 25.0 Å². The van der Waals surface area contributed by atoms with E-state index in [9.17, 15) is 14.9 Å². The highest BCUT2D eigenvalue weighted by Gasteiger charge is 2.15. The van der Waals surface area contributed by atoms with Gasteiger partial charge in [0.15, 0.2) is 0 Å². The molecule has 0 radical (unpaired) electrons. The Hall–Kier alpha value is -2.11. The molecule has 6 heteroatoms. The van der Waals surface area contributed by atoms with E-state index < -0.39 is 0 Å². The molecule has 1 fully saturated rings. The van der Waals surface area contributed by atoms with E-state index in [4.69, 9.17) is 0 Å². The summed E-state index contributed by atoms with van der Waals surface area (Å²) in [4.78, 5) is 24.2. The Morgan fingerprint density at radius 3 is 2.86 bits per heavy atom. The van der Waals surface area contributed by atoms with Crippen LogP contribution >= 0.6 is 0 Å². The maximum absolute atomic E-state index is 11.9. The van der Waals surface area contributed by atoms with Crippen LogP contribution in [0.3, 0.4) is 0 Å². The Morgan fingerprint density at radius 1 is 1.32 bits per heavy atom. The second-order valence-electron chi connectivity index (χ2n) is 5.73.